The first-order valence-electron chi connectivity index (χ1n) is 4.50. The molecule has 0 aliphatic carbocycles. The summed E-state index contributed by atoms with van der Waals surface area (Å²) in [4.78, 5) is 25.4. The van der Waals surface area contributed by atoms with Gasteiger partial charge in [0.25, 0.3) is 0 Å². The van der Waals surface area contributed by atoms with E-state index in [1.807, 2.05) is 0 Å². The van der Waals surface area contributed by atoms with Crippen molar-refractivity contribution in [1.29, 1.82) is 0 Å². The highest BCUT2D eigenvalue weighted by molar-refractivity contribution is 5.86. The van der Waals surface area contributed by atoms with E-state index in [1.165, 1.54) is 16.7 Å². The number of carboxylic acids is 2. The average Bonchev–Trinajstić information content (AvgIpc) is 2.57. The summed E-state index contributed by atoms with van der Waals surface area (Å²) in [5.74, 6) is -2.08. The van der Waals surface area contributed by atoms with E-state index in [2.05, 4.69) is 4.98 Å². The van der Waals surface area contributed by atoms with Crippen molar-refractivity contribution in [3.8, 4) is 0 Å². The second-order valence-electron chi connectivity index (χ2n) is 3.25. The maximum absolute atomic E-state index is 10.9. The third-order valence-electron chi connectivity index (χ3n) is 2.09. The summed E-state index contributed by atoms with van der Waals surface area (Å²) in [6, 6.07) is 4.62. The molecule has 0 aromatic carbocycles. The van der Waals surface area contributed by atoms with E-state index >= 15 is 0 Å². The van der Waals surface area contributed by atoms with E-state index in [0.717, 1.165) is 0 Å². The number of aliphatic carboxylic acids is 1. The topological polar surface area (TPSA) is 91.9 Å². The normalized spacial score (nSPS) is 10.5. The van der Waals surface area contributed by atoms with Crippen LogP contribution in [0.3, 0.4) is 0 Å². The summed E-state index contributed by atoms with van der Waals surface area (Å²) in [5.41, 5.74) is 0.819. The number of hydrogen-bond acceptors (Lipinski definition) is 3. The molecule has 0 saturated heterocycles. The number of nitrogens with zero attached hydrogens (tertiary/aromatic N) is 2. The zero-order valence-electron chi connectivity index (χ0n) is 8.12. The molecule has 0 aliphatic rings. The van der Waals surface area contributed by atoms with Crippen molar-refractivity contribution in [2.75, 3.05) is 0 Å². The van der Waals surface area contributed by atoms with Gasteiger partial charge in [-0.15, -0.1) is 0 Å². The van der Waals surface area contributed by atoms with Gasteiger partial charge in [0.2, 0.25) is 0 Å². The molecule has 0 saturated carbocycles. The van der Waals surface area contributed by atoms with Crippen LogP contribution in [0.2, 0.25) is 0 Å². The largest absolute Gasteiger partial charge is 0.481 e. The van der Waals surface area contributed by atoms with Crippen LogP contribution in [0.4, 0.5) is 0 Å². The van der Waals surface area contributed by atoms with E-state index < -0.39 is 11.9 Å². The molecule has 0 unspecified atom stereocenters. The minimum atomic E-state index is -1.08. The number of aromatic carboxylic acids is 1. The van der Waals surface area contributed by atoms with Gasteiger partial charge < -0.3 is 10.2 Å². The Morgan fingerprint density at radius 2 is 2.06 bits per heavy atom. The van der Waals surface area contributed by atoms with Crippen LogP contribution in [0, 0.1) is 0 Å². The smallest absolute Gasteiger partial charge is 0.352 e. The maximum Gasteiger partial charge on any atom is 0.352 e. The van der Waals surface area contributed by atoms with Gasteiger partial charge in [0.05, 0.1) is 12.1 Å². The van der Waals surface area contributed by atoms with Crippen LogP contribution >= 0.6 is 0 Å². The molecule has 0 fully saturated rings. The zero-order valence-corrected chi connectivity index (χ0v) is 8.12. The second kappa shape index (κ2) is 3.65. The Bertz CT molecular complexity index is 573. The number of fused-ring (bicyclic) bond motifs is 1. The molecule has 2 heterocycles. The van der Waals surface area contributed by atoms with E-state index in [9.17, 15) is 9.59 Å². The number of carbonyl (C=O) groups is 2. The quantitative estimate of drug-likeness (QED) is 0.792. The molecule has 2 aromatic heterocycles. The van der Waals surface area contributed by atoms with Gasteiger partial charge in [-0.3, -0.25) is 9.20 Å². The summed E-state index contributed by atoms with van der Waals surface area (Å²) in [6.45, 7) is 0. The van der Waals surface area contributed by atoms with Gasteiger partial charge in [-0.1, -0.05) is 6.07 Å². The first-order valence-corrected chi connectivity index (χ1v) is 4.50. The van der Waals surface area contributed by atoms with Crippen LogP contribution in [0.15, 0.2) is 24.4 Å². The number of hydrogen-bond donors (Lipinski definition) is 2. The fraction of sp³-hybridized carbons (Fsp3) is 0.100. The third-order valence-corrected chi connectivity index (χ3v) is 2.09. The highest BCUT2D eigenvalue weighted by atomic mass is 16.4. The van der Waals surface area contributed by atoms with Crippen molar-refractivity contribution in [2.24, 2.45) is 0 Å². The van der Waals surface area contributed by atoms with E-state index in [0.29, 0.717) is 11.3 Å². The zero-order chi connectivity index (χ0) is 11.7. The highest BCUT2D eigenvalue weighted by Gasteiger charge is 2.11. The Morgan fingerprint density at radius 3 is 2.69 bits per heavy atom. The molecule has 6 heteroatoms. The van der Waals surface area contributed by atoms with Crippen molar-refractivity contribution >= 4 is 17.6 Å². The summed E-state index contributed by atoms with van der Waals surface area (Å²) in [6.07, 6.45) is 1.20. The van der Waals surface area contributed by atoms with Gasteiger partial charge in [-0.25, -0.2) is 9.78 Å². The molecule has 82 valence electrons. The molecule has 6 nitrogen and oxygen atoms in total. The summed E-state index contributed by atoms with van der Waals surface area (Å²) in [7, 11) is 0. The first-order chi connectivity index (χ1) is 7.58. The van der Waals surface area contributed by atoms with E-state index in [1.54, 1.807) is 12.1 Å². The Balaban J connectivity index is 2.56. The molecule has 0 spiro atoms. The molecule has 0 aliphatic heterocycles. The molecule has 2 aromatic rings. The fourth-order valence-electron chi connectivity index (χ4n) is 1.48. The number of imidazole rings is 1. The Labute approximate surface area is 89.8 Å². The van der Waals surface area contributed by atoms with Crippen LogP contribution in [0.5, 0.6) is 0 Å². The lowest BCUT2D eigenvalue weighted by Gasteiger charge is -1.97. The molecule has 0 radical (unpaired) electrons. The fourth-order valence-corrected chi connectivity index (χ4v) is 1.48. The number of aromatic nitrogens is 2. The van der Waals surface area contributed by atoms with Crippen LogP contribution in [0.25, 0.3) is 5.65 Å². The molecule has 0 atom stereocenters. The van der Waals surface area contributed by atoms with Crippen LogP contribution < -0.4 is 0 Å². The first kappa shape index (κ1) is 10.2. The lowest BCUT2D eigenvalue weighted by molar-refractivity contribution is -0.136. The van der Waals surface area contributed by atoms with Gasteiger partial charge in [0, 0.05) is 6.20 Å². The Hall–Kier alpha value is -2.37. The minimum Gasteiger partial charge on any atom is -0.481 e. The molecule has 0 bridgehead atoms. The average molecular weight is 220 g/mol. The number of carboxylic acid groups (broad SMARTS) is 2. The third kappa shape index (κ3) is 1.72. The van der Waals surface area contributed by atoms with Crippen molar-refractivity contribution in [2.45, 2.75) is 6.42 Å². The molecular formula is C10H8N2O4. The monoisotopic (exact) mass is 220 g/mol. The summed E-state index contributed by atoms with van der Waals surface area (Å²) >= 11 is 0. The molecule has 2 rings (SSSR count). The Morgan fingerprint density at radius 1 is 1.31 bits per heavy atom. The van der Waals surface area contributed by atoms with E-state index in [-0.39, 0.29) is 12.1 Å². The van der Waals surface area contributed by atoms with Gasteiger partial charge in [0.15, 0.2) is 0 Å². The predicted octanol–water partition coefficient (Wildman–Crippen LogP) is 0.660. The van der Waals surface area contributed by atoms with Crippen LogP contribution in [-0.2, 0) is 11.2 Å². The van der Waals surface area contributed by atoms with Gasteiger partial charge in [0.1, 0.15) is 11.3 Å². The van der Waals surface area contributed by atoms with Crippen molar-refractivity contribution < 1.29 is 19.8 Å². The lowest BCUT2D eigenvalue weighted by Crippen LogP contribution is -2.03. The SMILES string of the molecule is O=C(O)Cc1cn2c(C(=O)O)cccc2n1. The summed E-state index contributed by atoms with van der Waals surface area (Å²) < 4.78 is 1.36. The molecule has 2 N–H and O–H groups in total. The molecule has 0 amide bonds. The Kier molecular flexibility index (Phi) is 2.32. The van der Waals surface area contributed by atoms with E-state index in [4.69, 9.17) is 10.2 Å². The molecular weight excluding hydrogens is 212 g/mol. The van der Waals surface area contributed by atoms with Gasteiger partial charge in [-0.2, -0.15) is 0 Å². The minimum absolute atomic E-state index is 0.0571. The highest BCUT2D eigenvalue weighted by Crippen LogP contribution is 2.09. The second-order valence-corrected chi connectivity index (χ2v) is 3.25. The number of rotatable bonds is 3. The van der Waals surface area contributed by atoms with Gasteiger partial charge in [-0.05, 0) is 12.1 Å². The van der Waals surface area contributed by atoms with Crippen molar-refractivity contribution in [3.63, 3.8) is 0 Å². The van der Waals surface area contributed by atoms with Crippen LogP contribution in [0.1, 0.15) is 16.2 Å². The van der Waals surface area contributed by atoms with Crippen molar-refractivity contribution in [3.05, 3.63) is 35.8 Å². The molecule has 16 heavy (non-hydrogen) atoms. The maximum atomic E-state index is 10.9. The van der Waals surface area contributed by atoms with Crippen molar-refractivity contribution in [1.82, 2.24) is 9.38 Å². The lowest BCUT2D eigenvalue weighted by atomic mass is 10.3. The standard InChI is InChI=1S/C10H8N2O4/c13-9(14)4-6-5-12-7(10(15)16)2-1-3-8(12)11-6/h1-3,5H,4H2,(H,13,14)(H,15,16). The predicted molar refractivity (Wildman–Crippen MR) is 53.5 cm³/mol. The summed E-state index contributed by atoms with van der Waals surface area (Å²) in [5, 5.41) is 17.5. The van der Waals surface area contributed by atoms with Gasteiger partial charge >= 0.3 is 11.9 Å². The van der Waals surface area contributed by atoms with Crippen LogP contribution in [-0.4, -0.2) is 31.5 Å². The number of pyridine rings is 1.